The van der Waals surface area contributed by atoms with E-state index >= 15 is 0 Å². The van der Waals surface area contributed by atoms with Crippen LogP contribution in [0.4, 0.5) is 0 Å². The molecule has 1 aromatic rings. The summed E-state index contributed by atoms with van der Waals surface area (Å²) in [4.78, 5) is 8.97. The number of ether oxygens (including phenoxy) is 1. The molecule has 3 rings (SSSR count). The molecule has 2 fully saturated rings. The van der Waals surface area contributed by atoms with Crippen LogP contribution >= 0.6 is 27.5 Å². The van der Waals surface area contributed by atoms with Gasteiger partial charge in [-0.3, -0.25) is 0 Å². The van der Waals surface area contributed by atoms with Crippen molar-refractivity contribution in [2.75, 3.05) is 6.61 Å². The Morgan fingerprint density at radius 3 is 2.76 bits per heavy atom. The van der Waals surface area contributed by atoms with E-state index in [0.717, 1.165) is 41.9 Å². The van der Waals surface area contributed by atoms with Gasteiger partial charge >= 0.3 is 0 Å². The van der Waals surface area contributed by atoms with Gasteiger partial charge in [0.05, 0.1) is 16.3 Å². The molecule has 0 amide bonds. The van der Waals surface area contributed by atoms with E-state index in [1.54, 1.807) is 0 Å². The van der Waals surface area contributed by atoms with E-state index in [-0.39, 0.29) is 6.10 Å². The van der Waals surface area contributed by atoms with Crippen LogP contribution in [0.1, 0.15) is 43.1 Å². The predicted octanol–water partition coefficient (Wildman–Crippen LogP) is 3.49. The van der Waals surface area contributed by atoms with Crippen LogP contribution in [0, 0.1) is 0 Å². The van der Waals surface area contributed by atoms with Gasteiger partial charge in [-0.25, -0.2) is 9.97 Å². The summed E-state index contributed by atoms with van der Waals surface area (Å²) >= 11 is 9.62. The van der Waals surface area contributed by atoms with Crippen molar-refractivity contribution in [2.24, 2.45) is 0 Å². The van der Waals surface area contributed by atoms with Gasteiger partial charge in [0.25, 0.3) is 0 Å². The molecule has 1 aromatic heterocycles. The number of rotatable bonds is 3. The Bertz CT molecular complexity index is 431. The van der Waals surface area contributed by atoms with Crippen molar-refractivity contribution in [3.63, 3.8) is 0 Å². The maximum Gasteiger partial charge on any atom is 0.147 e. The number of halogens is 2. The minimum atomic E-state index is 0.277. The zero-order valence-electron chi connectivity index (χ0n) is 9.46. The maximum atomic E-state index is 6.14. The Morgan fingerprint density at radius 1 is 1.29 bits per heavy atom. The third-order valence-electron chi connectivity index (χ3n) is 3.28. The predicted molar refractivity (Wildman–Crippen MR) is 69.4 cm³/mol. The molecule has 1 atom stereocenters. The molecular formula is C12H14BrClN2O. The Morgan fingerprint density at radius 2 is 2.12 bits per heavy atom. The zero-order valence-corrected chi connectivity index (χ0v) is 11.8. The molecule has 1 saturated heterocycles. The highest BCUT2D eigenvalue weighted by Gasteiger charge is 2.29. The average molecular weight is 318 g/mol. The quantitative estimate of drug-likeness (QED) is 0.800. The zero-order chi connectivity index (χ0) is 11.8. The van der Waals surface area contributed by atoms with E-state index < -0.39 is 0 Å². The number of aromatic nitrogens is 2. The van der Waals surface area contributed by atoms with Crippen molar-refractivity contribution in [1.29, 1.82) is 0 Å². The van der Waals surface area contributed by atoms with Gasteiger partial charge in [0.1, 0.15) is 11.0 Å². The molecule has 2 aliphatic rings. The van der Waals surface area contributed by atoms with Gasteiger partial charge in [0.2, 0.25) is 0 Å². The molecule has 1 aliphatic heterocycles. The van der Waals surface area contributed by atoms with Gasteiger partial charge in [-0.1, -0.05) is 11.6 Å². The summed E-state index contributed by atoms with van der Waals surface area (Å²) < 4.78 is 6.48. The first kappa shape index (κ1) is 11.9. The van der Waals surface area contributed by atoms with Crippen LogP contribution in [0.25, 0.3) is 0 Å². The van der Waals surface area contributed by atoms with E-state index in [9.17, 15) is 0 Å². The van der Waals surface area contributed by atoms with Crippen LogP contribution in [0.15, 0.2) is 4.47 Å². The van der Waals surface area contributed by atoms with Gasteiger partial charge in [-0.2, -0.15) is 0 Å². The van der Waals surface area contributed by atoms with Crippen molar-refractivity contribution in [2.45, 2.75) is 44.1 Å². The number of hydrogen-bond donors (Lipinski definition) is 0. The molecule has 3 nitrogen and oxygen atoms in total. The molecule has 92 valence electrons. The Labute approximate surface area is 114 Å². The van der Waals surface area contributed by atoms with Crippen molar-refractivity contribution < 1.29 is 4.74 Å². The molecule has 0 radical (unpaired) electrons. The minimum Gasteiger partial charge on any atom is -0.378 e. The van der Waals surface area contributed by atoms with Crippen molar-refractivity contribution in [1.82, 2.24) is 9.97 Å². The normalized spacial score (nSPS) is 24.2. The van der Waals surface area contributed by atoms with Gasteiger partial charge in [-0.15, -0.1) is 0 Å². The third-order valence-corrected chi connectivity index (χ3v) is 4.56. The van der Waals surface area contributed by atoms with Crippen molar-refractivity contribution in [3.05, 3.63) is 21.1 Å². The lowest BCUT2D eigenvalue weighted by molar-refractivity contribution is 0.110. The van der Waals surface area contributed by atoms with Crippen LogP contribution in [0.3, 0.4) is 0 Å². The standard InChI is InChI=1S/C12H14BrClN2O/c13-10-11(7-3-4-7)15-9(16-12(10)14)6-8-2-1-5-17-8/h7-8H,1-6H2. The van der Waals surface area contributed by atoms with E-state index in [4.69, 9.17) is 16.3 Å². The highest BCUT2D eigenvalue weighted by atomic mass is 79.9. The number of nitrogens with zero attached hydrogens (tertiary/aromatic N) is 2. The molecule has 17 heavy (non-hydrogen) atoms. The van der Waals surface area contributed by atoms with Gasteiger partial charge in [-0.05, 0) is 41.6 Å². The third kappa shape index (κ3) is 2.64. The first-order chi connectivity index (χ1) is 8.24. The highest BCUT2D eigenvalue weighted by Crippen LogP contribution is 2.43. The fraction of sp³-hybridized carbons (Fsp3) is 0.667. The highest BCUT2D eigenvalue weighted by molar-refractivity contribution is 9.10. The molecule has 0 spiro atoms. The first-order valence-corrected chi connectivity index (χ1v) is 7.24. The second-order valence-electron chi connectivity index (χ2n) is 4.74. The molecule has 5 heteroatoms. The second-order valence-corrected chi connectivity index (χ2v) is 5.89. The van der Waals surface area contributed by atoms with Crippen LogP contribution in [-0.4, -0.2) is 22.7 Å². The lowest BCUT2D eigenvalue weighted by atomic mass is 10.1. The molecule has 1 saturated carbocycles. The fourth-order valence-electron chi connectivity index (χ4n) is 2.21. The van der Waals surface area contributed by atoms with Gasteiger partial charge < -0.3 is 4.74 Å². The lowest BCUT2D eigenvalue weighted by Gasteiger charge is -2.10. The Balaban J connectivity index is 1.83. The van der Waals surface area contributed by atoms with E-state index in [1.807, 2.05) is 0 Å². The molecule has 0 bridgehead atoms. The maximum absolute atomic E-state index is 6.14. The lowest BCUT2D eigenvalue weighted by Crippen LogP contribution is -2.13. The summed E-state index contributed by atoms with van der Waals surface area (Å²) in [5.41, 5.74) is 1.08. The summed E-state index contributed by atoms with van der Waals surface area (Å²) in [5, 5.41) is 0.537. The molecule has 1 unspecified atom stereocenters. The van der Waals surface area contributed by atoms with Crippen LogP contribution in [0.2, 0.25) is 5.15 Å². The molecule has 1 aliphatic carbocycles. The summed E-state index contributed by atoms with van der Waals surface area (Å²) in [5.74, 6) is 1.40. The van der Waals surface area contributed by atoms with E-state index in [0.29, 0.717) is 11.1 Å². The molecule has 0 aromatic carbocycles. The number of hydrogen-bond acceptors (Lipinski definition) is 3. The second kappa shape index (κ2) is 4.82. The monoisotopic (exact) mass is 316 g/mol. The summed E-state index contributed by atoms with van der Waals surface area (Å²) in [6.45, 7) is 0.865. The van der Waals surface area contributed by atoms with Crippen molar-refractivity contribution in [3.8, 4) is 0 Å². The van der Waals surface area contributed by atoms with Crippen LogP contribution < -0.4 is 0 Å². The van der Waals surface area contributed by atoms with Gasteiger partial charge in [0, 0.05) is 18.9 Å². The van der Waals surface area contributed by atoms with Gasteiger partial charge in [0.15, 0.2) is 0 Å². The smallest absolute Gasteiger partial charge is 0.147 e. The SMILES string of the molecule is Clc1nc(CC2CCCO2)nc(C2CC2)c1Br. The van der Waals surface area contributed by atoms with Crippen molar-refractivity contribution >= 4 is 27.5 Å². The van der Waals surface area contributed by atoms with Crippen LogP contribution in [-0.2, 0) is 11.2 Å². The fourth-order valence-corrected chi connectivity index (χ4v) is 2.90. The summed E-state index contributed by atoms with van der Waals surface area (Å²) in [7, 11) is 0. The Hall–Kier alpha value is -0.190. The van der Waals surface area contributed by atoms with E-state index in [2.05, 4.69) is 25.9 Å². The minimum absolute atomic E-state index is 0.277. The van der Waals surface area contributed by atoms with E-state index in [1.165, 1.54) is 12.8 Å². The molecule has 0 N–H and O–H groups in total. The molecular weight excluding hydrogens is 304 g/mol. The first-order valence-electron chi connectivity index (χ1n) is 6.07. The topological polar surface area (TPSA) is 35.0 Å². The average Bonchev–Trinajstić information content (AvgIpc) is 3.02. The summed E-state index contributed by atoms with van der Waals surface area (Å²) in [6.07, 6.45) is 5.74. The largest absolute Gasteiger partial charge is 0.378 e. The summed E-state index contributed by atoms with van der Waals surface area (Å²) in [6, 6.07) is 0. The molecule has 2 heterocycles. The van der Waals surface area contributed by atoms with Crippen LogP contribution in [0.5, 0.6) is 0 Å². The Kier molecular flexibility index (Phi) is 3.37.